The number of nitrogens with zero attached hydrogens (tertiary/aromatic N) is 1. The summed E-state index contributed by atoms with van der Waals surface area (Å²) in [5.41, 5.74) is 4.67. The minimum Gasteiger partial charge on any atom is -0.481 e. The number of carbonyl (C=O) groups excluding carboxylic acids is 2. The van der Waals surface area contributed by atoms with Gasteiger partial charge >= 0.3 is 12.1 Å². The second kappa shape index (κ2) is 11.4. The molecule has 0 aromatic heterocycles. The Balaban J connectivity index is 1.29. The first-order valence-electron chi connectivity index (χ1n) is 12.6. The molecule has 0 spiro atoms. The first-order chi connectivity index (χ1) is 17.0. The highest BCUT2D eigenvalue weighted by Gasteiger charge is 2.30. The topological polar surface area (TPSA) is 95.9 Å². The van der Waals surface area contributed by atoms with Crippen LogP contribution in [0.25, 0.3) is 11.1 Å². The number of benzene rings is 2. The Kier molecular flexibility index (Phi) is 8.06. The lowest BCUT2D eigenvalue weighted by atomic mass is 9.93. The average Bonchev–Trinajstić information content (AvgIpc) is 3.19. The number of piperidine rings is 1. The summed E-state index contributed by atoms with van der Waals surface area (Å²) < 4.78 is 5.64. The van der Waals surface area contributed by atoms with E-state index in [1.165, 1.54) is 11.1 Å². The molecule has 2 aliphatic rings. The molecule has 4 rings (SSSR count). The van der Waals surface area contributed by atoms with E-state index in [-0.39, 0.29) is 43.2 Å². The molecule has 7 nitrogen and oxygen atoms in total. The van der Waals surface area contributed by atoms with Crippen molar-refractivity contribution in [2.24, 2.45) is 5.92 Å². The molecule has 2 unspecified atom stereocenters. The second-order valence-corrected chi connectivity index (χ2v) is 9.56. The largest absolute Gasteiger partial charge is 0.481 e. The number of amides is 2. The summed E-state index contributed by atoms with van der Waals surface area (Å²) in [4.78, 5) is 38.2. The summed E-state index contributed by atoms with van der Waals surface area (Å²) in [5.74, 6) is -0.590. The SMILES string of the molecule is CCC(CC(=O)N1CCCC(CCC(=O)O)C1)NC(=O)OCC1c2ccccc2-c2ccccc21. The van der Waals surface area contributed by atoms with Crippen LogP contribution in [0.5, 0.6) is 0 Å². The molecular formula is C28H34N2O5. The van der Waals surface area contributed by atoms with E-state index < -0.39 is 12.1 Å². The number of rotatable bonds is 9. The first kappa shape index (κ1) is 24.8. The molecule has 2 N–H and O–H groups in total. The molecule has 0 bridgehead atoms. The van der Waals surface area contributed by atoms with E-state index in [1.807, 2.05) is 36.1 Å². The lowest BCUT2D eigenvalue weighted by Crippen LogP contribution is -2.44. The third-order valence-corrected chi connectivity index (χ3v) is 7.22. The van der Waals surface area contributed by atoms with Gasteiger partial charge in [0.2, 0.25) is 5.91 Å². The van der Waals surface area contributed by atoms with Crippen molar-refractivity contribution in [3.05, 3.63) is 59.7 Å². The maximum Gasteiger partial charge on any atom is 0.407 e. The zero-order valence-electron chi connectivity index (χ0n) is 20.2. The van der Waals surface area contributed by atoms with Gasteiger partial charge < -0.3 is 20.1 Å². The van der Waals surface area contributed by atoms with Crippen LogP contribution in [-0.4, -0.2) is 53.7 Å². The molecule has 0 saturated carbocycles. The van der Waals surface area contributed by atoms with E-state index in [2.05, 4.69) is 29.6 Å². The Morgan fingerprint density at radius 1 is 1.09 bits per heavy atom. The number of nitrogens with one attached hydrogen (secondary N) is 1. The van der Waals surface area contributed by atoms with Gasteiger partial charge in [0.15, 0.2) is 0 Å². The highest BCUT2D eigenvalue weighted by Crippen LogP contribution is 2.44. The number of alkyl carbamates (subject to hydrolysis) is 1. The Bertz CT molecular complexity index is 1020. The summed E-state index contributed by atoms with van der Waals surface area (Å²) in [5, 5.41) is 11.8. The van der Waals surface area contributed by atoms with Crippen molar-refractivity contribution in [1.29, 1.82) is 0 Å². The van der Waals surface area contributed by atoms with Crippen molar-refractivity contribution in [2.45, 2.75) is 57.4 Å². The number of likely N-dealkylation sites (tertiary alicyclic amines) is 1. The number of hydrogen-bond donors (Lipinski definition) is 2. The highest BCUT2D eigenvalue weighted by atomic mass is 16.5. The van der Waals surface area contributed by atoms with Crippen molar-refractivity contribution < 1.29 is 24.2 Å². The van der Waals surface area contributed by atoms with E-state index in [1.54, 1.807) is 0 Å². The summed E-state index contributed by atoms with van der Waals surface area (Å²) in [7, 11) is 0. The van der Waals surface area contributed by atoms with Crippen molar-refractivity contribution in [2.75, 3.05) is 19.7 Å². The second-order valence-electron chi connectivity index (χ2n) is 9.56. The predicted molar refractivity (Wildman–Crippen MR) is 133 cm³/mol. The molecule has 35 heavy (non-hydrogen) atoms. The highest BCUT2D eigenvalue weighted by molar-refractivity contribution is 5.79. The molecule has 2 aromatic rings. The van der Waals surface area contributed by atoms with Crippen LogP contribution < -0.4 is 5.32 Å². The number of carboxylic acids is 1. The van der Waals surface area contributed by atoms with E-state index in [0.717, 1.165) is 24.0 Å². The molecule has 1 aliphatic heterocycles. The quantitative estimate of drug-likeness (QED) is 0.540. The van der Waals surface area contributed by atoms with Gasteiger partial charge in [-0.15, -0.1) is 0 Å². The number of hydrogen-bond acceptors (Lipinski definition) is 4. The molecule has 2 atom stereocenters. The fourth-order valence-corrected chi connectivity index (χ4v) is 5.30. The van der Waals surface area contributed by atoms with E-state index >= 15 is 0 Å². The third kappa shape index (κ3) is 6.02. The lowest BCUT2D eigenvalue weighted by molar-refractivity contribution is -0.137. The van der Waals surface area contributed by atoms with Gasteiger partial charge in [0.1, 0.15) is 6.61 Å². The summed E-state index contributed by atoms with van der Waals surface area (Å²) >= 11 is 0. The Hall–Kier alpha value is -3.35. The Morgan fingerprint density at radius 2 is 1.74 bits per heavy atom. The van der Waals surface area contributed by atoms with Gasteiger partial charge in [0.25, 0.3) is 0 Å². The lowest BCUT2D eigenvalue weighted by Gasteiger charge is -2.33. The minimum atomic E-state index is -0.799. The number of carbonyl (C=O) groups is 3. The number of aliphatic carboxylic acids is 1. The summed E-state index contributed by atoms with van der Waals surface area (Å²) in [6.45, 7) is 3.45. The minimum absolute atomic E-state index is 0.00387. The smallest absolute Gasteiger partial charge is 0.407 e. The maximum absolute atomic E-state index is 12.9. The van der Waals surface area contributed by atoms with E-state index in [0.29, 0.717) is 25.9 Å². The standard InChI is InChI=1S/C28H34N2O5/c1-2-20(16-26(31)30-15-7-8-19(17-30)13-14-27(32)33)29-28(34)35-18-25-23-11-5-3-9-21(23)22-10-4-6-12-24(22)25/h3-6,9-12,19-20,25H,2,7-8,13-18H2,1H3,(H,29,34)(H,32,33). The van der Waals surface area contributed by atoms with Crippen molar-refractivity contribution in [3.8, 4) is 11.1 Å². The van der Waals surface area contributed by atoms with Crippen LogP contribution in [0.15, 0.2) is 48.5 Å². The molecule has 2 aromatic carbocycles. The molecule has 1 saturated heterocycles. The van der Waals surface area contributed by atoms with Crippen molar-refractivity contribution in [3.63, 3.8) is 0 Å². The van der Waals surface area contributed by atoms with E-state index in [4.69, 9.17) is 9.84 Å². The summed E-state index contributed by atoms with van der Waals surface area (Å²) in [6, 6.07) is 16.1. The Labute approximate surface area is 206 Å². The molecule has 7 heteroatoms. The van der Waals surface area contributed by atoms with Gasteiger partial charge in [-0.3, -0.25) is 9.59 Å². The van der Waals surface area contributed by atoms with E-state index in [9.17, 15) is 14.4 Å². The fourth-order valence-electron chi connectivity index (χ4n) is 5.30. The molecular weight excluding hydrogens is 444 g/mol. The number of fused-ring (bicyclic) bond motifs is 3. The van der Waals surface area contributed by atoms with Crippen LogP contribution in [0, 0.1) is 5.92 Å². The molecule has 0 radical (unpaired) electrons. The van der Waals surface area contributed by atoms with Crippen LogP contribution in [0.4, 0.5) is 4.79 Å². The van der Waals surface area contributed by atoms with Crippen LogP contribution in [-0.2, 0) is 14.3 Å². The zero-order valence-corrected chi connectivity index (χ0v) is 20.2. The zero-order chi connectivity index (χ0) is 24.8. The van der Waals surface area contributed by atoms with Gasteiger partial charge in [-0.25, -0.2) is 4.79 Å². The summed E-state index contributed by atoms with van der Waals surface area (Å²) in [6.07, 6.45) is 2.88. The Morgan fingerprint density at radius 3 is 2.37 bits per heavy atom. The maximum atomic E-state index is 12.9. The molecule has 1 fully saturated rings. The normalized spacial score (nSPS) is 17.9. The average molecular weight is 479 g/mol. The first-order valence-corrected chi connectivity index (χ1v) is 12.6. The van der Waals surface area contributed by atoms with Gasteiger partial charge in [-0.1, -0.05) is 55.5 Å². The molecule has 2 amide bonds. The monoisotopic (exact) mass is 478 g/mol. The van der Waals surface area contributed by atoms with Gasteiger partial charge in [-0.2, -0.15) is 0 Å². The van der Waals surface area contributed by atoms with Crippen LogP contribution >= 0.6 is 0 Å². The fraction of sp³-hybridized carbons (Fsp3) is 0.464. The van der Waals surface area contributed by atoms with Gasteiger partial charge in [-0.05, 0) is 53.9 Å². The third-order valence-electron chi connectivity index (χ3n) is 7.22. The van der Waals surface area contributed by atoms with Crippen LogP contribution in [0.2, 0.25) is 0 Å². The predicted octanol–water partition coefficient (Wildman–Crippen LogP) is 4.80. The van der Waals surface area contributed by atoms with Crippen molar-refractivity contribution in [1.82, 2.24) is 10.2 Å². The van der Waals surface area contributed by atoms with Gasteiger partial charge in [0.05, 0.1) is 0 Å². The number of ether oxygens (including phenoxy) is 1. The van der Waals surface area contributed by atoms with Crippen LogP contribution in [0.1, 0.15) is 62.5 Å². The van der Waals surface area contributed by atoms with Gasteiger partial charge in [0, 0.05) is 37.9 Å². The van der Waals surface area contributed by atoms with Crippen molar-refractivity contribution >= 4 is 18.0 Å². The molecule has 1 heterocycles. The molecule has 1 aliphatic carbocycles. The van der Waals surface area contributed by atoms with Crippen LogP contribution in [0.3, 0.4) is 0 Å². The molecule has 186 valence electrons. The number of carboxylic acid groups (broad SMARTS) is 1.